The van der Waals surface area contributed by atoms with E-state index in [2.05, 4.69) is 52.0 Å². The molecule has 0 saturated carbocycles. The Balaban J connectivity index is 2.60. The maximum atomic E-state index is 10.1. The first-order chi connectivity index (χ1) is 8.94. The Morgan fingerprint density at radius 2 is 1.37 bits per heavy atom. The van der Waals surface area contributed by atoms with Crippen LogP contribution < -0.4 is 0 Å². The molecule has 0 spiro atoms. The Labute approximate surface area is 115 Å². The molecule has 0 atom stereocenters. The monoisotopic (exact) mass is 254 g/mol. The first-order valence-corrected chi connectivity index (χ1v) is 6.82. The van der Waals surface area contributed by atoms with Crippen molar-refractivity contribution in [1.29, 1.82) is 0 Å². The predicted octanol–water partition coefficient (Wildman–Crippen LogP) is 4.84. The van der Waals surface area contributed by atoms with Gasteiger partial charge in [-0.1, -0.05) is 70.2 Å². The molecule has 0 radical (unpaired) electrons. The van der Waals surface area contributed by atoms with Crippen molar-refractivity contribution >= 4 is 0 Å². The lowest BCUT2D eigenvalue weighted by atomic mass is 9.74. The van der Waals surface area contributed by atoms with Gasteiger partial charge in [-0.3, -0.25) is 0 Å². The van der Waals surface area contributed by atoms with Crippen LogP contribution in [0, 0.1) is 0 Å². The van der Waals surface area contributed by atoms with Crippen molar-refractivity contribution < 1.29 is 5.11 Å². The highest BCUT2D eigenvalue weighted by Gasteiger charge is 2.28. The fraction of sp³-hybridized carbons (Fsp3) is 0.333. The van der Waals surface area contributed by atoms with Crippen LogP contribution in [0.2, 0.25) is 0 Å². The number of aromatic hydroxyl groups is 1. The SMILES string of the molecule is CC(C)c1ccccc1C(C)(C)c1ccccc1O. The highest BCUT2D eigenvalue weighted by atomic mass is 16.3. The van der Waals surface area contributed by atoms with Gasteiger partial charge < -0.3 is 5.11 Å². The topological polar surface area (TPSA) is 20.2 Å². The van der Waals surface area contributed by atoms with Crippen molar-refractivity contribution in [2.45, 2.75) is 39.0 Å². The lowest BCUT2D eigenvalue weighted by molar-refractivity contribution is 0.452. The summed E-state index contributed by atoms with van der Waals surface area (Å²) in [5, 5.41) is 10.1. The molecule has 0 unspecified atom stereocenters. The highest BCUT2D eigenvalue weighted by Crippen LogP contribution is 2.39. The van der Waals surface area contributed by atoms with Crippen molar-refractivity contribution in [3.8, 4) is 5.75 Å². The van der Waals surface area contributed by atoms with Crippen LogP contribution in [0.25, 0.3) is 0 Å². The van der Waals surface area contributed by atoms with E-state index in [9.17, 15) is 5.11 Å². The fourth-order valence-corrected chi connectivity index (χ4v) is 2.72. The fourth-order valence-electron chi connectivity index (χ4n) is 2.72. The molecular formula is C18H22O. The van der Waals surface area contributed by atoms with Gasteiger partial charge in [0.25, 0.3) is 0 Å². The summed E-state index contributed by atoms with van der Waals surface area (Å²) in [6.07, 6.45) is 0. The summed E-state index contributed by atoms with van der Waals surface area (Å²) < 4.78 is 0. The van der Waals surface area contributed by atoms with E-state index in [0.717, 1.165) is 5.56 Å². The van der Waals surface area contributed by atoms with E-state index in [4.69, 9.17) is 0 Å². The Bertz CT molecular complexity index is 567. The first kappa shape index (κ1) is 13.7. The van der Waals surface area contributed by atoms with E-state index in [0.29, 0.717) is 11.7 Å². The summed E-state index contributed by atoms with van der Waals surface area (Å²) in [5.41, 5.74) is 3.40. The average molecular weight is 254 g/mol. The summed E-state index contributed by atoms with van der Waals surface area (Å²) in [6.45, 7) is 8.76. The number of phenolic OH excluding ortho intramolecular Hbond substituents is 1. The van der Waals surface area contributed by atoms with Crippen molar-refractivity contribution in [2.75, 3.05) is 0 Å². The van der Waals surface area contributed by atoms with Gasteiger partial charge in [-0.25, -0.2) is 0 Å². The third kappa shape index (κ3) is 2.51. The van der Waals surface area contributed by atoms with Crippen LogP contribution >= 0.6 is 0 Å². The van der Waals surface area contributed by atoms with Crippen molar-refractivity contribution in [2.24, 2.45) is 0 Å². The molecule has 1 heteroatoms. The van der Waals surface area contributed by atoms with Crippen LogP contribution in [0.4, 0.5) is 0 Å². The van der Waals surface area contributed by atoms with E-state index < -0.39 is 0 Å². The molecule has 0 fully saturated rings. The number of benzene rings is 2. The normalized spacial score (nSPS) is 11.8. The van der Waals surface area contributed by atoms with Gasteiger partial charge in [0.1, 0.15) is 5.75 Å². The van der Waals surface area contributed by atoms with E-state index in [1.807, 2.05) is 18.2 Å². The lowest BCUT2D eigenvalue weighted by Crippen LogP contribution is -2.21. The second-order valence-corrected chi connectivity index (χ2v) is 5.88. The molecule has 0 heterocycles. The van der Waals surface area contributed by atoms with Crippen molar-refractivity contribution in [3.63, 3.8) is 0 Å². The molecule has 0 aliphatic rings. The molecule has 2 rings (SSSR count). The molecule has 2 aromatic rings. The number of hydrogen-bond donors (Lipinski definition) is 1. The van der Waals surface area contributed by atoms with Gasteiger partial charge in [0.15, 0.2) is 0 Å². The predicted molar refractivity (Wildman–Crippen MR) is 80.8 cm³/mol. The summed E-state index contributed by atoms with van der Waals surface area (Å²) in [5.74, 6) is 0.840. The van der Waals surface area contributed by atoms with Crippen LogP contribution in [0.15, 0.2) is 48.5 Å². The number of hydrogen-bond acceptors (Lipinski definition) is 1. The zero-order chi connectivity index (χ0) is 14.0. The maximum absolute atomic E-state index is 10.1. The minimum atomic E-state index is -0.202. The largest absolute Gasteiger partial charge is 0.508 e. The average Bonchev–Trinajstić information content (AvgIpc) is 2.39. The molecule has 0 bridgehead atoms. The third-order valence-electron chi connectivity index (χ3n) is 3.83. The Morgan fingerprint density at radius 1 is 0.842 bits per heavy atom. The smallest absolute Gasteiger partial charge is 0.119 e. The van der Waals surface area contributed by atoms with Gasteiger partial charge >= 0.3 is 0 Å². The summed E-state index contributed by atoms with van der Waals surface area (Å²) in [4.78, 5) is 0. The molecule has 0 aliphatic carbocycles. The van der Waals surface area contributed by atoms with Crippen molar-refractivity contribution in [3.05, 3.63) is 65.2 Å². The van der Waals surface area contributed by atoms with Crippen LogP contribution in [0.5, 0.6) is 5.75 Å². The molecule has 0 aromatic heterocycles. The van der Waals surface area contributed by atoms with E-state index >= 15 is 0 Å². The Kier molecular flexibility index (Phi) is 3.66. The molecule has 1 N–H and O–H groups in total. The van der Waals surface area contributed by atoms with E-state index in [1.54, 1.807) is 6.07 Å². The number of phenols is 1. The molecule has 2 aromatic carbocycles. The maximum Gasteiger partial charge on any atom is 0.119 e. The second kappa shape index (κ2) is 5.08. The minimum Gasteiger partial charge on any atom is -0.508 e. The summed E-state index contributed by atoms with van der Waals surface area (Å²) >= 11 is 0. The molecule has 100 valence electrons. The Hall–Kier alpha value is -1.76. The van der Waals surface area contributed by atoms with Gasteiger partial charge in [-0.2, -0.15) is 0 Å². The Morgan fingerprint density at radius 3 is 1.95 bits per heavy atom. The number of rotatable bonds is 3. The summed E-state index contributed by atoms with van der Waals surface area (Å²) in [7, 11) is 0. The molecule has 0 amide bonds. The van der Waals surface area contributed by atoms with E-state index in [1.165, 1.54) is 11.1 Å². The van der Waals surface area contributed by atoms with Gasteiger partial charge in [0.2, 0.25) is 0 Å². The third-order valence-corrected chi connectivity index (χ3v) is 3.83. The lowest BCUT2D eigenvalue weighted by Gasteiger charge is -2.30. The van der Waals surface area contributed by atoms with Crippen LogP contribution in [-0.4, -0.2) is 5.11 Å². The second-order valence-electron chi connectivity index (χ2n) is 5.88. The van der Waals surface area contributed by atoms with Gasteiger partial charge in [0.05, 0.1) is 0 Å². The molecular weight excluding hydrogens is 232 g/mol. The highest BCUT2D eigenvalue weighted by molar-refractivity contribution is 5.48. The summed E-state index contributed by atoms with van der Waals surface area (Å²) in [6, 6.07) is 16.1. The van der Waals surface area contributed by atoms with Crippen LogP contribution in [0.3, 0.4) is 0 Å². The molecule has 0 aliphatic heterocycles. The van der Waals surface area contributed by atoms with E-state index in [-0.39, 0.29) is 5.41 Å². The van der Waals surface area contributed by atoms with Gasteiger partial charge in [-0.05, 0) is 23.1 Å². The van der Waals surface area contributed by atoms with Gasteiger partial charge in [-0.15, -0.1) is 0 Å². The van der Waals surface area contributed by atoms with Crippen LogP contribution in [-0.2, 0) is 5.41 Å². The molecule has 1 nitrogen and oxygen atoms in total. The molecule has 0 saturated heterocycles. The first-order valence-electron chi connectivity index (χ1n) is 6.82. The minimum absolute atomic E-state index is 0.202. The quantitative estimate of drug-likeness (QED) is 0.830. The van der Waals surface area contributed by atoms with Crippen molar-refractivity contribution in [1.82, 2.24) is 0 Å². The zero-order valence-electron chi connectivity index (χ0n) is 12.1. The number of para-hydroxylation sites is 1. The van der Waals surface area contributed by atoms with Crippen LogP contribution in [0.1, 0.15) is 50.3 Å². The zero-order valence-corrected chi connectivity index (χ0v) is 12.1. The molecule has 19 heavy (non-hydrogen) atoms. The standard InChI is InChI=1S/C18H22O/c1-13(2)14-9-5-6-10-15(14)18(3,4)16-11-7-8-12-17(16)19/h5-13,19H,1-4H3. The van der Waals surface area contributed by atoms with Gasteiger partial charge in [0, 0.05) is 11.0 Å².